The molecular weight excluding hydrogens is 1130 g/mol. The van der Waals surface area contributed by atoms with Crippen LogP contribution in [0.3, 0.4) is 0 Å². The van der Waals surface area contributed by atoms with Gasteiger partial charge in [0, 0.05) is 64.6 Å². The maximum absolute atomic E-state index is 13.6. The fourth-order valence-electron chi connectivity index (χ4n) is 8.56. The van der Waals surface area contributed by atoms with E-state index in [1.165, 1.54) is 0 Å². The van der Waals surface area contributed by atoms with E-state index in [0.29, 0.717) is 103 Å². The first-order valence-corrected chi connectivity index (χ1v) is 30.8. The zero-order chi connectivity index (χ0) is 64.0. The van der Waals surface area contributed by atoms with Gasteiger partial charge in [-0.3, -0.25) is 0 Å². The highest BCUT2D eigenvalue weighted by Gasteiger charge is 2.13. The third kappa shape index (κ3) is 21.4. The Morgan fingerprint density at radius 3 is 0.422 bits per heavy atom. The highest BCUT2D eigenvalue weighted by molar-refractivity contribution is 5.97. The highest BCUT2D eigenvalue weighted by Crippen LogP contribution is 2.19. The van der Waals surface area contributed by atoms with Crippen LogP contribution in [0.1, 0.15) is 181 Å². The molecule has 0 saturated heterocycles. The molecule has 12 heteroatoms. The van der Waals surface area contributed by atoms with Crippen LogP contribution in [-0.2, 0) is 28.4 Å². The third-order valence-electron chi connectivity index (χ3n) is 13.5. The standard InChI is InChI=1S/C78H72O12/c1-7-13-31-85-73(79)67-43-55-19-21-57-38-59(47-68(45-57)74(80)86-32-14-8-2)23-25-61-40-63(51-70(49-61)76(82)88-34-16-10-4)27-29-65-42-66(54-72(53-65)78(84)90-36-18-12-6)30-28-64-41-62(50-71(52-64)77(83)89-35-17-11-5)26-24-60-39-58(22-20-56(37-55)44-67)46-69(48-60)75(81)87-33-15-9-3/h37-54H,7-18,31-36H2,1-6H3. The second kappa shape index (κ2) is 35.3. The van der Waals surface area contributed by atoms with E-state index in [4.69, 9.17) is 28.4 Å². The van der Waals surface area contributed by atoms with E-state index in [9.17, 15) is 28.8 Å². The summed E-state index contributed by atoms with van der Waals surface area (Å²) in [5.41, 5.74) is 1.22. The lowest BCUT2D eigenvalue weighted by atomic mass is 10.1. The molecule has 456 valence electrons. The molecule has 0 aliphatic heterocycles. The SMILES string of the molecule is CCCCOC(=O)c1cc2c#cc3cc(C(=O)OCCCC)cc(c#cc4cc(C(=O)OCCCC)cc(c#cc5cc(C(=O)OCCCC)cc(c#cc6cc(C(=O)OCCCC)cc(c#cc7cc(C(=O)OCCCC)cc(c#cc(c1)c2)c7)c6)c5)c4)c3. The summed E-state index contributed by atoms with van der Waals surface area (Å²) >= 11 is 0. The van der Waals surface area contributed by atoms with Gasteiger partial charge in [0.2, 0.25) is 0 Å². The number of unbranched alkanes of at least 4 members (excludes halogenated alkanes) is 6. The number of carbonyl (C=O) groups excluding carboxylic acids is 6. The lowest BCUT2D eigenvalue weighted by molar-refractivity contribution is 0.0490. The number of carbonyl (C=O) groups is 6. The fourth-order valence-corrected chi connectivity index (χ4v) is 8.56. The van der Waals surface area contributed by atoms with E-state index in [1.807, 2.05) is 41.5 Å². The lowest BCUT2D eigenvalue weighted by Gasteiger charge is -2.04. The molecule has 0 fully saturated rings. The van der Waals surface area contributed by atoms with E-state index in [1.54, 1.807) is 109 Å². The normalized spacial score (nSPS) is 10.2. The monoisotopic (exact) mass is 1200 g/mol. The molecule has 7 aromatic rings. The van der Waals surface area contributed by atoms with Crippen LogP contribution in [0.25, 0.3) is 64.6 Å². The molecule has 0 aliphatic rings. The molecule has 0 N–H and O–H groups in total. The van der Waals surface area contributed by atoms with Crippen molar-refractivity contribution in [1.82, 2.24) is 0 Å². The van der Waals surface area contributed by atoms with Crippen molar-refractivity contribution in [1.29, 1.82) is 0 Å². The minimum atomic E-state index is -0.571. The first-order valence-electron chi connectivity index (χ1n) is 30.8. The summed E-state index contributed by atoms with van der Waals surface area (Å²) in [6, 6.07) is 67.6. The summed E-state index contributed by atoms with van der Waals surface area (Å²) in [7, 11) is 0. The first-order chi connectivity index (χ1) is 43.8. The van der Waals surface area contributed by atoms with Crippen LogP contribution in [0.4, 0.5) is 0 Å². The molecule has 7 rings (SSSR count). The van der Waals surface area contributed by atoms with Gasteiger partial charge in [-0.2, -0.15) is 0 Å². The van der Waals surface area contributed by atoms with Crippen molar-refractivity contribution in [2.45, 2.75) is 119 Å². The Balaban J connectivity index is 1.59. The number of esters is 6. The molecule has 12 nitrogen and oxygen atoms in total. The van der Waals surface area contributed by atoms with Gasteiger partial charge in [-0.1, -0.05) is 153 Å². The summed E-state index contributed by atoms with van der Waals surface area (Å²) in [6.07, 6.45) is 8.86. The summed E-state index contributed by atoms with van der Waals surface area (Å²) in [5.74, 6) is -3.42. The third-order valence-corrected chi connectivity index (χ3v) is 13.5. The number of benzene rings is 6. The van der Waals surface area contributed by atoms with Crippen LogP contribution in [0.5, 0.6) is 0 Å². The van der Waals surface area contributed by atoms with Crippen LogP contribution in [0, 0.1) is 72.8 Å². The highest BCUT2D eigenvalue weighted by atomic mass is 16.6. The maximum Gasteiger partial charge on any atom is 0.338 e. The molecule has 0 atom stereocenters. The number of rotatable bonds is 24. The summed E-state index contributed by atoms with van der Waals surface area (Å²) in [4.78, 5) is 81.8. The van der Waals surface area contributed by atoms with E-state index in [-0.39, 0.29) is 73.0 Å². The minimum Gasteiger partial charge on any atom is -0.462 e. The van der Waals surface area contributed by atoms with Crippen LogP contribution in [0.15, 0.2) is 109 Å². The van der Waals surface area contributed by atoms with Gasteiger partial charge >= 0.3 is 35.8 Å². The topological polar surface area (TPSA) is 158 Å². The maximum atomic E-state index is 13.6. The minimum absolute atomic E-state index is 0.203. The van der Waals surface area contributed by atoms with E-state index in [0.717, 1.165) is 38.5 Å². The van der Waals surface area contributed by atoms with Gasteiger partial charge in [-0.25, -0.2) is 28.8 Å². The van der Waals surface area contributed by atoms with Gasteiger partial charge in [0.1, 0.15) is 0 Å². The zero-order valence-electron chi connectivity index (χ0n) is 52.0. The van der Waals surface area contributed by atoms with Gasteiger partial charge in [0.05, 0.1) is 73.0 Å². The second-order valence-corrected chi connectivity index (χ2v) is 21.2. The summed E-state index contributed by atoms with van der Waals surface area (Å²) in [5, 5.41) is 4.82. The Bertz CT molecular complexity index is 3190. The average Bonchev–Trinajstić information content (AvgIpc) is 1.91. The smallest absolute Gasteiger partial charge is 0.338 e. The zero-order valence-corrected chi connectivity index (χ0v) is 52.0. The van der Waals surface area contributed by atoms with Gasteiger partial charge < -0.3 is 28.4 Å². The second-order valence-electron chi connectivity index (χ2n) is 21.2. The van der Waals surface area contributed by atoms with E-state index >= 15 is 0 Å². The van der Waals surface area contributed by atoms with Crippen molar-refractivity contribution >= 4 is 100 Å². The lowest BCUT2D eigenvalue weighted by Crippen LogP contribution is -2.06. The summed E-state index contributed by atoms with van der Waals surface area (Å²) < 4.78 is 33.9. The van der Waals surface area contributed by atoms with E-state index < -0.39 is 35.8 Å². The quantitative estimate of drug-likeness (QED) is 0.0321. The summed E-state index contributed by atoms with van der Waals surface area (Å²) in [6.45, 7) is 13.2. The van der Waals surface area contributed by atoms with Crippen LogP contribution in [-0.4, -0.2) is 75.5 Å². The molecule has 0 aromatic heterocycles. The Kier molecular flexibility index (Phi) is 26.3. The van der Waals surface area contributed by atoms with Gasteiger partial charge in [0.25, 0.3) is 0 Å². The van der Waals surface area contributed by atoms with Crippen molar-refractivity contribution in [3.05, 3.63) is 215 Å². The number of hydrogen-bond donors (Lipinski definition) is 0. The first kappa shape index (κ1) is 67.0. The Labute approximate surface area is 528 Å². The largest absolute Gasteiger partial charge is 0.462 e. The Morgan fingerprint density at radius 2 is 0.322 bits per heavy atom. The van der Waals surface area contributed by atoms with E-state index in [2.05, 4.69) is 72.8 Å². The molecule has 0 heterocycles. The Hall–Kier alpha value is -10.5. The molecule has 12 bridgehead atoms. The van der Waals surface area contributed by atoms with Gasteiger partial charge in [0.15, 0.2) is 0 Å². The van der Waals surface area contributed by atoms with Crippen molar-refractivity contribution in [3.63, 3.8) is 0 Å². The van der Waals surface area contributed by atoms with Crippen molar-refractivity contribution in [2.75, 3.05) is 39.6 Å². The average molecular weight is 1200 g/mol. The van der Waals surface area contributed by atoms with Crippen molar-refractivity contribution in [3.8, 4) is 0 Å². The van der Waals surface area contributed by atoms with Gasteiger partial charge in [-0.15, -0.1) is 0 Å². The van der Waals surface area contributed by atoms with Crippen molar-refractivity contribution < 1.29 is 57.2 Å². The predicted molar refractivity (Wildman–Crippen MR) is 348 cm³/mol. The van der Waals surface area contributed by atoms with Gasteiger partial charge in [-0.05, 0) is 148 Å². The molecule has 90 heavy (non-hydrogen) atoms. The molecule has 0 spiro atoms. The van der Waals surface area contributed by atoms with Crippen LogP contribution in [0.2, 0.25) is 0 Å². The van der Waals surface area contributed by atoms with Crippen molar-refractivity contribution in [2.24, 2.45) is 0 Å². The molecule has 0 aliphatic carbocycles. The number of fused-ring (bicyclic) bond motifs is 12. The Morgan fingerprint density at radius 1 is 0.211 bits per heavy atom. The molecule has 0 radical (unpaired) electrons. The molecule has 7 aromatic carbocycles. The number of hydrogen-bond acceptors (Lipinski definition) is 12. The van der Waals surface area contributed by atoms with Crippen LogP contribution >= 0.6 is 0 Å². The molecular formula is C78H72O12. The molecule has 0 amide bonds. The van der Waals surface area contributed by atoms with Crippen LogP contribution < -0.4 is 0 Å². The number of ether oxygens (including phenoxy) is 6. The molecule has 0 saturated carbocycles. The molecule has 0 unspecified atom stereocenters. The predicted octanol–water partition coefficient (Wildman–Crippen LogP) is 17.0. The fraction of sp³-hybridized carbons (Fsp3) is 0.308.